The number of hydrogen-bond acceptors (Lipinski definition) is 4. The molecule has 4 nitrogen and oxygen atoms in total. The lowest BCUT2D eigenvalue weighted by Crippen LogP contribution is -2.02. The molecule has 0 heterocycles. The van der Waals surface area contributed by atoms with Crippen LogP contribution in [0.1, 0.15) is 50.0 Å². The second kappa shape index (κ2) is 12.4. The van der Waals surface area contributed by atoms with Gasteiger partial charge >= 0.3 is 0 Å². The highest BCUT2D eigenvalue weighted by atomic mass is 16.5. The van der Waals surface area contributed by atoms with Crippen molar-refractivity contribution in [2.45, 2.75) is 38.9 Å². The molecule has 0 radical (unpaired) electrons. The zero-order valence-electron chi connectivity index (χ0n) is 20.9. The summed E-state index contributed by atoms with van der Waals surface area (Å²) in [6, 6.07) is 32.1. The van der Waals surface area contributed by atoms with E-state index in [1.165, 1.54) is 0 Å². The predicted molar refractivity (Wildman–Crippen MR) is 145 cm³/mol. The Kier molecular flexibility index (Phi) is 8.77. The van der Waals surface area contributed by atoms with E-state index in [9.17, 15) is 10.2 Å². The van der Waals surface area contributed by atoms with Gasteiger partial charge in [-0.25, -0.2) is 0 Å². The first-order chi connectivity index (χ1) is 17.5. The Bertz CT molecular complexity index is 1090. The van der Waals surface area contributed by atoms with E-state index in [0.717, 1.165) is 57.7 Å². The van der Waals surface area contributed by atoms with Crippen molar-refractivity contribution >= 4 is 0 Å². The van der Waals surface area contributed by atoms with E-state index in [1.54, 1.807) is 13.8 Å². The van der Waals surface area contributed by atoms with Gasteiger partial charge in [-0.2, -0.15) is 0 Å². The molecule has 0 saturated carbocycles. The van der Waals surface area contributed by atoms with Crippen molar-refractivity contribution in [3.63, 3.8) is 0 Å². The van der Waals surface area contributed by atoms with Crippen molar-refractivity contribution in [2.75, 3.05) is 13.2 Å². The highest BCUT2D eigenvalue weighted by Crippen LogP contribution is 2.26. The van der Waals surface area contributed by atoms with Crippen LogP contribution in [0.2, 0.25) is 0 Å². The van der Waals surface area contributed by atoms with E-state index < -0.39 is 12.2 Å². The number of hydrogen-bond donors (Lipinski definition) is 2. The van der Waals surface area contributed by atoms with Gasteiger partial charge in [-0.15, -0.1) is 0 Å². The fraction of sp³-hybridized carbons (Fsp3) is 0.250. The molecule has 4 heteroatoms. The Labute approximate surface area is 213 Å². The average molecular weight is 483 g/mol. The monoisotopic (exact) mass is 482 g/mol. The van der Waals surface area contributed by atoms with E-state index in [0.29, 0.717) is 13.2 Å². The van der Waals surface area contributed by atoms with Gasteiger partial charge in [0.2, 0.25) is 0 Å². The number of unbranched alkanes of at least 4 members (excludes halogenated alkanes) is 1. The number of aliphatic hydroxyl groups is 2. The van der Waals surface area contributed by atoms with Crippen LogP contribution >= 0.6 is 0 Å². The van der Waals surface area contributed by atoms with E-state index in [1.807, 2.05) is 72.8 Å². The van der Waals surface area contributed by atoms with Crippen molar-refractivity contribution in [3.05, 3.63) is 108 Å². The van der Waals surface area contributed by atoms with Gasteiger partial charge in [0.1, 0.15) is 11.5 Å². The van der Waals surface area contributed by atoms with E-state index in [4.69, 9.17) is 9.47 Å². The summed E-state index contributed by atoms with van der Waals surface area (Å²) < 4.78 is 11.8. The highest BCUT2D eigenvalue weighted by Gasteiger charge is 2.04. The average Bonchev–Trinajstić information content (AvgIpc) is 2.91. The van der Waals surface area contributed by atoms with Crippen molar-refractivity contribution in [3.8, 4) is 33.8 Å². The number of rotatable bonds is 11. The molecule has 0 spiro atoms. The normalized spacial score (nSPS) is 12.7. The topological polar surface area (TPSA) is 58.9 Å². The molecule has 186 valence electrons. The van der Waals surface area contributed by atoms with Gasteiger partial charge in [0.15, 0.2) is 0 Å². The van der Waals surface area contributed by atoms with E-state index >= 15 is 0 Å². The molecular formula is C32H34O4. The largest absolute Gasteiger partial charge is 0.494 e. The second-order valence-corrected chi connectivity index (χ2v) is 9.05. The fourth-order valence-corrected chi connectivity index (χ4v) is 3.98. The molecule has 4 aromatic carbocycles. The van der Waals surface area contributed by atoms with Gasteiger partial charge in [0.25, 0.3) is 0 Å². The lowest BCUT2D eigenvalue weighted by molar-refractivity contribution is 0.199. The van der Waals surface area contributed by atoms with Crippen molar-refractivity contribution in [2.24, 2.45) is 0 Å². The fourth-order valence-electron chi connectivity index (χ4n) is 3.98. The van der Waals surface area contributed by atoms with E-state index in [2.05, 4.69) is 24.3 Å². The lowest BCUT2D eigenvalue weighted by atomic mass is 10.0. The van der Waals surface area contributed by atoms with Gasteiger partial charge in [-0.05, 0) is 84.3 Å². The van der Waals surface area contributed by atoms with Crippen molar-refractivity contribution in [1.82, 2.24) is 0 Å². The van der Waals surface area contributed by atoms with Crippen molar-refractivity contribution < 1.29 is 19.7 Å². The Balaban J connectivity index is 1.16. The Morgan fingerprint density at radius 3 is 1.03 bits per heavy atom. The molecule has 36 heavy (non-hydrogen) atoms. The van der Waals surface area contributed by atoms with Crippen molar-refractivity contribution in [1.29, 1.82) is 0 Å². The maximum absolute atomic E-state index is 9.65. The molecule has 0 aliphatic rings. The molecule has 0 aliphatic carbocycles. The summed E-state index contributed by atoms with van der Waals surface area (Å²) in [5, 5.41) is 19.3. The number of benzene rings is 4. The van der Waals surface area contributed by atoms with Gasteiger partial charge in [0.05, 0.1) is 25.4 Å². The summed E-state index contributed by atoms with van der Waals surface area (Å²) in [6.45, 7) is 4.83. The maximum atomic E-state index is 9.65. The van der Waals surface area contributed by atoms with Gasteiger partial charge in [-0.3, -0.25) is 0 Å². The van der Waals surface area contributed by atoms with Crippen LogP contribution in [0.3, 0.4) is 0 Å². The molecule has 0 aromatic heterocycles. The second-order valence-electron chi connectivity index (χ2n) is 9.05. The maximum Gasteiger partial charge on any atom is 0.119 e. The molecule has 4 rings (SSSR count). The molecule has 2 N–H and O–H groups in total. The summed E-state index contributed by atoms with van der Waals surface area (Å²) >= 11 is 0. The van der Waals surface area contributed by atoms with Crippen LogP contribution in [-0.2, 0) is 0 Å². The zero-order valence-corrected chi connectivity index (χ0v) is 20.9. The minimum absolute atomic E-state index is 0.452. The third kappa shape index (κ3) is 6.97. The minimum Gasteiger partial charge on any atom is -0.494 e. The summed E-state index contributed by atoms with van der Waals surface area (Å²) in [5.74, 6) is 1.72. The molecule has 2 atom stereocenters. The predicted octanol–water partition coefficient (Wildman–Crippen LogP) is 7.37. The van der Waals surface area contributed by atoms with Crippen LogP contribution in [0.5, 0.6) is 11.5 Å². The van der Waals surface area contributed by atoms with Crippen LogP contribution in [0, 0.1) is 0 Å². The Hall–Kier alpha value is -3.60. The summed E-state index contributed by atoms with van der Waals surface area (Å²) in [5.41, 5.74) is 6.31. The Morgan fingerprint density at radius 1 is 0.472 bits per heavy atom. The third-order valence-corrected chi connectivity index (χ3v) is 6.24. The number of aliphatic hydroxyl groups excluding tert-OH is 2. The number of ether oxygens (including phenoxy) is 2. The van der Waals surface area contributed by atoms with Gasteiger partial charge < -0.3 is 19.7 Å². The first-order valence-corrected chi connectivity index (χ1v) is 12.5. The summed E-state index contributed by atoms with van der Waals surface area (Å²) in [7, 11) is 0. The van der Waals surface area contributed by atoms with Crippen LogP contribution in [0.25, 0.3) is 22.3 Å². The molecule has 0 fully saturated rings. The van der Waals surface area contributed by atoms with Gasteiger partial charge in [0, 0.05) is 0 Å². The SMILES string of the molecule is CC(O)c1ccc(-c2ccc(OCCCCOc3ccc(-c4ccc(C(C)O)cc4)cc3)cc2)cc1. The van der Waals surface area contributed by atoms with E-state index in [-0.39, 0.29) is 0 Å². The molecule has 0 aliphatic heterocycles. The minimum atomic E-state index is -0.452. The van der Waals surface area contributed by atoms with Crippen LogP contribution < -0.4 is 9.47 Å². The van der Waals surface area contributed by atoms with Crippen LogP contribution in [0.15, 0.2) is 97.1 Å². The van der Waals surface area contributed by atoms with Crippen LogP contribution in [0.4, 0.5) is 0 Å². The molecule has 0 saturated heterocycles. The third-order valence-electron chi connectivity index (χ3n) is 6.24. The zero-order chi connectivity index (χ0) is 25.3. The molecule has 0 bridgehead atoms. The smallest absolute Gasteiger partial charge is 0.119 e. The first kappa shape index (κ1) is 25.5. The molecule has 4 aromatic rings. The lowest BCUT2D eigenvalue weighted by Gasteiger charge is -2.10. The molecule has 0 amide bonds. The quantitative estimate of drug-likeness (QED) is 0.219. The van der Waals surface area contributed by atoms with Crippen LogP contribution in [-0.4, -0.2) is 23.4 Å². The first-order valence-electron chi connectivity index (χ1n) is 12.5. The summed E-state index contributed by atoms with van der Waals surface area (Å²) in [4.78, 5) is 0. The Morgan fingerprint density at radius 2 is 0.750 bits per heavy atom. The molecule has 2 unspecified atom stereocenters. The highest BCUT2D eigenvalue weighted by molar-refractivity contribution is 5.65. The molecular weight excluding hydrogens is 448 g/mol. The van der Waals surface area contributed by atoms with Gasteiger partial charge in [-0.1, -0.05) is 72.8 Å². The standard InChI is InChI=1S/C32H34O4/c1-23(33)25-5-9-27(10-6-25)29-13-17-31(18-14-29)35-21-3-4-22-36-32-19-15-30(16-20-32)28-11-7-26(8-12-28)24(2)34/h5-20,23-24,33-34H,3-4,21-22H2,1-2H3. The summed E-state index contributed by atoms with van der Waals surface area (Å²) in [6.07, 6.45) is 0.922.